The molecule has 2 rings (SSSR count). The molecule has 2 aromatic carbocycles. The van der Waals surface area contributed by atoms with E-state index in [1.807, 2.05) is 0 Å². The summed E-state index contributed by atoms with van der Waals surface area (Å²) in [5.74, 6) is -0.474. The molecule has 0 heterocycles. The van der Waals surface area contributed by atoms with E-state index in [2.05, 4.69) is 21.2 Å². The molecule has 0 aliphatic heterocycles. The summed E-state index contributed by atoms with van der Waals surface area (Å²) in [6, 6.07) is 6.73. The van der Waals surface area contributed by atoms with Crippen LogP contribution in [-0.2, 0) is 9.84 Å². The fraction of sp³-hybridized carbons (Fsp3) is 0.0769. The lowest BCUT2D eigenvalue weighted by Gasteiger charge is -2.13. The number of nitrogens with one attached hydrogen (secondary N) is 1. The van der Waals surface area contributed by atoms with Crippen LogP contribution in [0, 0.1) is 5.82 Å². The average molecular weight is 394 g/mol. The molecular weight excluding hydrogens is 383 g/mol. The topological polar surface area (TPSA) is 72.2 Å². The first kappa shape index (κ1) is 16.1. The number of anilines is 3. The van der Waals surface area contributed by atoms with Crippen LogP contribution in [0.4, 0.5) is 21.5 Å². The van der Waals surface area contributed by atoms with Gasteiger partial charge >= 0.3 is 0 Å². The maximum Gasteiger partial charge on any atom is 0.175 e. The van der Waals surface area contributed by atoms with Gasteiger partial charge in [-0.25, -0.2) is 12.8 Å². The van der Waals surface area contributed by atoms with Gasteiger partial charge in [0.2, 0.25) is 0 Å². The molecule has 0 saturated heterocycles. The predicted molar refractivity (Wildman–Crippen MR) is 86.4 cm³/mol. The van der Waals surface area contributed by atoms with Crippen LogP contribution in [0.3, 0.4) is 0 Å². The number of rotatable bonds is 3. The van der Waals surface area contributed by atoms with Gasteiger partial charge < -0.3 is 11.1 Å². The number of hydrogen-bond acceptors (Lipinski definition) is 4. The van der Waals surface area contributed by atoms with Crippen LogP contribution >= 0.6 is 27.5 Å². The molecule has 0 amide bonds. The van der Waals surface area contributed by atoms with Gasteiger partial charge in [-0.15, -0.1) is 0 Å². The van der Waals surface area contributed by atoms with E-state index in [0.717, 1.165) is 12.3 Å². The van der Waals surface area contributed by atoms with E-state index in [9.17, 15) is 12.8 Å². The monoisotopic (exact) mass is 392 g/mol. The summed E-state index contributed by atoms with van der Waals surface area (Å²) in [4.78, 5) is 0.120. The molecule has 2 aromatic rings. The molecular formula is C13H11BrClFN2O2S. The van der Waals surface area contributed by atoms with Crippen molar-refractivity contribution in [3.63, 3.8) is 0 Å². The van der Waals surface area contributed by atoms with Crippen molar-refractivity contribution >= 4 is 54.4 Å². The SMILES string of the molecule is CS(=O)(=O)c1ccc(Nc2c(Cl)cc(F)cc2Br)c(N)c1. The Bertz CT molecular complexity index is 789. The molecule has 0 fully saturated rings. The second-order valence-electron chi connectivity index (χ2n) is 4.39. The van der Waals surface area contributed by atoms with Crippen LogP contribution in [0.15, 0.2) is 39.7 Å². The lowest BCUT2D eigenvalue weighted by Crippen LogP contribution is -2.02. The largest absolute Gasteiger partial charge is 0.397 e. The zero-order valence-electron chi connectivity index (χ0n) is 10.8. The number of halogens is 3. The molecule has 3 N–H and O–H groups in total. The minimum absolute atomic E-state index is 0.120. The van der Waals surface area contributed by atoms with Crippen molar-refractivity contribution in [2.75, 3.05) is 17.3 Å². The predicted octanol–water partition coefficient (Wildman–Crippen LogP) is 3.97. The molecule has 0 radical (unpaired) electrons. The molecule has 0 unspecified atom stereocenters. The van der Waals surface area contributed by atoms with Crippen molar-refractivity contribution < 1.29 is 12.8 Å². The van der Waals surface area contributed by atoms with Crippen molar-refractivity contribution in [1.29, 1.82) is 0 Å². The third kappa shape index (κ3) is 3.66. The summed E-state index contributed by atoms with van der Waals surface area (Å²) in [5, 5.41) is 3.12. The number of nitrogens with two attached hydrogens (primary N) is 1. The van der Waals surface area contributed by atoms with Crippen LogP contribution in [0.1, 0.15) is 0 Å². The molecule has 0 atom stereocenters. The van der Waals surface area contributed by atoms with Crippen LogP contribution in [0.25, 0.3) is 0 Å². The highest BCUT2D eigenvalue weighted by molar-refractivity contribution is 9.10. The molecule has 8 heteroatoms. The van der Waals surface area contributed by atoms with Crippen molar-refractivity contribution in [3.8, 4) is 0 Å². The maximum absolute atomic E-state index is 13.2. The highest BCUT2D eigenvalue weighted by Crippen LogP contribution is 2.36. The minimum Gasteiger partial charge on any atom is -0.397 e. The summed E-state index contributed by atoms with van der Waals surface area (Å²) >= 11 is 9.17. The summed E-state index contributed by atoms with van der Waals surface area (Å²) < 4.78 is 36.5. The van der Waals surface area contributed by atoms with Gasteiger partial charge in [-0.05, 0) is 46.3 Å². The Hall–Kier alpha value is -1.31. The molecule has 0 bridgehead atoms. The summed E-state index contributed by atoms with van der Waals surface area (Å²) in [6.07, 6.45) is 1.10. The number of sulfone groups is 1. The number of nitrogen functional groups attached to an aromatic ring is 1. The van der Waals surface area contributed by atoms with Gasteiger partial charge in [-0.1, -0.05) is 11.6 Å². The van der Waals surface area contributed by atoms with Crippen LogP contribution in [0.5, 0.6) is 0 Å². The zero-order chi connectivity index (χ0) is 15.8. The Labute approximate surface area is 135 Å². The maximum atomic E-state index is 13.2. The fourth-order valence-corrected chi connectivity index (χ4v) is 3.24. The van der Waals surface area contributed by atoms with E-state index in [1.54, 1.807) is 0 Å². The Morgan fingerprint density at radius 1 is 1.29 bits per heavy atom. The van der Waals surface area contributed by atoms with Gasteiger partial charge in [0.1, 0.15) is 5.82 Å². The second-order valence-corrected chi connectivity index (χ2v) is 7.67. The van der Waals surface area contributed by atoms with Crippen LogP contribution in [0.2, 0.25) is 5.02 Å². The molecule has 0 aliphatic carbocycles. The first-order valence-corrected chi connectivity index (χ1v) is 8.76. The summed E-state index contributed by atoms with van der Waals surface area (Å²) in [5.41, 5.74) is 6.99. The first-order chi connectivity index (χ1) is 9.68. The van der Waals surface area contributed by atoms with Crippen molar-refractivity contribution in [3.05, 3.63) is 45.6 Å². The van der Waals surface area contributed by atoms with E-state index >= 15 is 0 Å². The Morgan fingerprint density at radius 3 is 2.48 bits per heavy atom. The normalized spacial score (nSPS) is 11.4. The highest BCUT2D eigenvalue weighted by Gasteiger charge is 2.12. The number of benzene rings is 2. The van der Waals surface area contributed by atoms with Crippen molar-refractivity contribution in [1.82, 2.24) is 0 Å². The summed E-state index contributed by atoms with van der Waals surface area (Å²) in [6.45, 7) is 0. The van der Waals surface area contributed by atoms with E-state index < -0.39 is 15.7 Å². The summed E-state index contributed by atoms with van der Waals surface area (Å²) in [7, 11) is -3.33. The molecule has 112 valence electrons. The van der Waals surface area contributed by atoms with E-state index in [-0.39, 0.29) is 15.6 Å². The Kier molecular flexibility index (Phi) is 4.46. The van der Waals surface area contributed by atoms with E-state index in [4.69, 9.17) is 17.3 Å². The van der Waals surface area contributed by atoms with Crippen LogP contribution in [-0.4, -0.2) is 14.7 Å². The lowest BCUT2D eigenvalue weighted by molar-refractivity contribution is 0.602. The lowest BCUT2D eigenvalue weighted by atomic mass is 10.2. The number of hydrogen-bond donors (Lipinski definition) is 2. The smallest absolute Gasteiger partial charge is 0.175 e. The third-order valence-corrected chi connectivity index (χ3v) is 4.75. The van der Waals surface area contributed by atoms with Gasteiger partial charge in [0.05, 0.1) is 27.0 Å². The zero-order valence-corrected chi connectivity index (χ0v) is 14.0. The Morgan fingerprint density at radius 2 is 1.95 bits per heavy atom. The third-order valence-electron chi connectivity index (χ3n) is 2.72. The van der Waals surface area contributed by atoms with E-state index in [1.165, 1.54) is 24.3 Å². The van der Waals surface area contributed by atoms with Gasteiger partial charge in [0, 0.05) is 10.7 Å². The Balaban J connectivity index is 2.42. The molecule has 0 aliphatic rings. The average Bonchev–Trinajstić information content (AvgIpc) is 2.33. The quantitative estimate of drug-likeness (QED) is 0.774. The second kappa shape index (κ2) is 5.82. The van der Waals surface area contributed by atoms with E-state index in [0.29, 0.717) is 15.8 Å². The highest BCUT2D eigenvalue weighted by atomic mass is 79.9. The standard InChI is InChI=1S/C13H11BrClFN2O2S/c1-21(19,20)8-2-3-12(11(17)6-8)18-13-9(14)4-7(16)5-10(13)15/h2-6,18H,17H2,1H3. The van der Waals surface area contributed by atoms with Gasteiger partial charge in [-0.2, -0.15) is 0 Å². The van der Waals surface area contributed by atoms with Crippen molar-refractivity contribution in [2.24, 2.45) is 0 Å². The fourth-order valence-electron chi connectivity index (χ4n) is 1.68. The van der Waals surface area contributed by atoms with Gasteiger partial charge in [0.25, 0.3) is 0 Å². The molecule has 0 saturated carbocycles. The van der Waals surface area contributed by atoms with Gasteiger partial charge in [-0.3, -0.25) is 0 Å². The van der Waals surface area contributed by atoms with Crippen LogP contribution < -0.4 is 11.1 Å². The molecule has 21 heavy (non-hydrogen) atoms. The minimum atomic E-state index is -3.33. The first-order valence-electron chi connectivity index (χ1n) is 5.69. The van der Waals surface area contributed by atoms with Gasteiger partial charge in [0.15, 0.2) is 9.84 Å². The molecule has 4 nitrogen and oxygen atoms in total. The molecule has 0 spiro atoms. The molecule has 0 aromatic heterocycles. The van der Waals surface area contributed by atoms with Crippen molar-refractivity contribution in [2.45, 2.75) is 4.90 Å².